The van der Waals surface area contributed by atoms with Crippen LogP contribution in [0.3, 0.4) is 0 Å². The van der Waals surface area contributed by atoms with Gasteiger partial charge >= 0.3 is 0 Å². The maximum absolute atomic E-state index is 6.19. The summed E-state index contributed by atoms with van der Waals surface area (Å²) < 4.78 is 6.19. The van der Waals surface area contributed by atoms with Crippen LogP contribution in [0.5, 0.6) is 0 Å². The quantitative estimate of drug-likeness (QED) is 0.487. The maximum Gasteiger partial charge on any atom is 0.102 e. The van der Waals surface area contributed by atoms with Gasteiger partial charge in [0, 0.05) is 5.92 Å². The summed E-state index contributed by atoms with van der Waals surface area (Å²) >= 11 is 0. The fraction of sp³-hybridized carbons (Fsp3) is 0.524. The van der Waals surface area contributed by atoms with Crippen molar-refractivity contribution in [3.8, 4) is 0 Å². The first-order chi connectivity index (χ1) is 10.4. The zero-order valence-electron chi connectivity index (χ0n) is 14.5. The molecule has 1 aliphatic rings. The molecule has 1 fully saturated rings. The van der Waals surface area contributed by atoms with Crippen molar-refractivity contribution in [3.63, 3.8) is 0 Å². The summed E-state index contributed by atoms with van der Waals surface area (Å²) in [6.45, 7) is 12.9. The van der Waals surface area contributed by atoms with E-state index >= 15 is 0 Å². The van der Waals surface area contributed by atoms with Crippen LogP contribution in [0.2, 0.25) is 0 Å². The molecule has 0 aliphatic heterocycles. The Labute approximate surface area is 136 Å². The third kappa shape index (κ3) is 3.82. The predicted octanol–water partition coefficient (Wildman–Crippen LogP) is 5.88. The second-order valence-electron chi connectivity index (χ2n) is 7.35. The van der Waals surface area contributed by atoms with Crippen LogP contribution in [-0.2, 0) is 10.2 Å². The second-order valence-corrected chi connectivity index (χ2v) is 7.35. The summed E-state index contributed by atoms with van der Waals surface area (Å²) in [6.07, 6.45) is 7.70. The standard InChI is InChI=1S/C21H30O/c1-6-16(2)15-22-20-14-17(3)12-13-19(20)21(4,5)18-10-8-7-9-11-18/h6-11,15,17,19-20H,1,12-14H2,2-5H3/b16-15+/t17-,19-,20-/m1/s1. The minimum atomic E-state index is 0.127. The molecule has 1 aromatic carbocycles. The highest BCUT2D eigenvalue weighted by atomic mass is 16.5. The fourth-order valence-corrected chi connectivity index (χ4v) is 3.63. The third-order valence-electron chi connectivity index (χ3n) is 5.25. The first-order valence-electron chi connectivity index (χ1n) is 8.45. The first-order valence-corrected chi connectivity index (χ1v) is 8.45. The largest absolute Gasteiger partial charge is 0.497 e. The maximum atomic E-state index is 6.19. The molecule has 0 unspecified atom stereocenters. The molecule has 2 rings (SSSR count). The van der Waals surface area contributed by atoms with Gasteiger partial charge in [-0.15, -0.1) is 0 Å². The Hall–Kier alpha value is -1.50. The van der Waals surface area contributed by atoms with Crippen LogP contribution in [0.1, 0.15) is 52.5 Å². The Morgan fingerprint density at radius 3 is 2.55 bits per heavy atom. The summed E-state index contributed by atoms with van der Waals surface area (Å²) in [7, 11) is 0. The van der Waals surface area contributed by atoms with E-state index < -0.39 is 0 Å². The lowest BCUT2D eigenvalue weighted by Gasteiger charge is -2.44. The molecule has 0 saturated heterocycles. The van der Waals surface area contributed by atoms with E-state index in [0.717, 1.165) is 17.9 Å². The summed E-state index contributed by atoms with van der Waals surface area (Å²) in [4.78, 5) is 0. The Morgan fingerprint density at radius 2 is 1.91 bits per heavy atom. The van der Waals surface area contributed by atoms with Gasteiger partial charge in [-0.05, 0) is 42.2 Å². The Kier molecular flexibility index (Phi) is 5.50. The molecule has 0 N–H and O–H groups in total. The highest BCUT2D eigenvalue weighted by Crippen LogP contribution is 2.43. The minimum Gasteiger partial charge on any atom is -0.497 e. The number of hydrogen-bond donors (Lipinski definition) is 0. The zero-order valence-corrected chi connectivity index (χ0v) is 14.5. The van der Waals surface area contributed by atoms with E-state index in [1.807, 2.05) is 19.3 Å². The summed E-state index contributed by atoms with van der Waals surface area (Å²) in [6, 6.07) is 10.9. The van der Waals surface area contributed by atoms with Gasteiger partial charge in [0.1, 0.15) is 6.10 Å². The summed E-state index contributed by atoms with van der Waals surface area (Å²) in [5, 5.41) is 0. The van der Waals surface area contributed by atoms with Crippen LogP contribution in [0.4, 0.5) is 0 Å². The van der Waals surface area contributed by atoms with Gasteiger partial charge in [-0.2, -0.15) is 0 Å². The van der Waals surface area contributed by atoms with Crippen molar-refractivity contribution in [2.45, 2.75) is 58.5 Å². The molecule has 1 aliphatic carbocycles. The molecule has 0 bridgehead atoms. The zero-order chi connectivity index (χ0) is 16.2. The first kappa shape index (κ1) is 16.9. The average Bonchev–Trinajstić information content (AvgIpc) is 2.53. The van der Waals surface area contributed by atoms with Crippen molar-refractivity contribution in [2.75, 3.05) is 0 Å². The highest BCUT2D eigenvalue weighted by molar-refractivity contribution is 5.25. The van der Waals surface area contributed by atoms with Gasteiger partial charge < -0.3 is 4.74 Å². The number of ether oxygens (including phenoxy) is 1. The molecule has 1 nitrogen and oxygen atoms in total. The van der Waals surface area contributed by atoms with E-state index in [9.17, 15) is 0 Å². The molecule has 0 spiro atoms. The van der Waals surface area contributed by atoms with Crippen molar-refractivity contribution in [1.29, 1.82) is 0 Å². The highest BCUT2D eigenvalue weighted by Gasteiger charge is 2.40. The van der Waals surface area contributed by atoms with Crippen molar-refractivity contribution >= 4 is 0 Å². The molecule has 0 radical (unpaired) electrons. The van der Waals surface area contributed by atoms with E-state index in [1.165, 1.54) is 18.4 Å². The van der Waals surface area contributed by atoms with Crippen LogP contribution < -0.4 is 0 Å². The van der Waals surface area contributed by atoms with Crippen molar-refractivity contribution in [3.05, 3.63) is 60.4 Å². The number of hydrogen-bond acceptors (Lipinski definition) is 1. The Bertz CT molecular complexity index is 512. The van der Waals surface area contributed by atoms with E-state index in [2.05, 4.69) is 57.7 Å². The van der Waals surface area contributed by atoms with Gasteiger partial charge in [0.05, 0.1) is 6.26 Å². The van der Waals surface area contributed by atoms with Gasteiger partial charge in [0.15, 0.2) is 0 Å². The summed E-state index contributed by atoms with van der Waals surface area (Å²) in [5.41, 5.74) is 2.63. The van der Waals surface area contributed by atoms with Gasteiger partial charge in [0.25, 0.3) is 0 Å². The topological polar surface area (TPSA) is 9.23 Å². The molecular formula is C21H30O. The number of benzene rings is 1. The van der Waals surface area contributed by atoms with Crippen LogP contribution in [-0.4, -0.2) is 6.10 Å². The summed E-state index contributed by atoms with van der Waals surface area (Å²) in [5.74, 6) is 1.28. The lowest BCUT2D eigenvalue weighted by Crippen LogP contribution is -2.42. The predicted molar refractivity (Wildman–Crippen MR) is 94.8 cm³/mol. The van der Waals surface area contributed by atoms with Crippen molar-refractivity contribution in [1.82, 2.24) is 0 Å². The average molecular weight is 298 g/mol. The van der Waals surface area contributed by atoms with E-state index in [4.69, 9.17) is 4.74 Å². The molecule has 1 heteroatoms. The SMILES string of the molecule is C=C/C(C)=C/O[C@@H]1C[C@H](C)CC[C@H]1C(C)(C)c1ccccc1. The molecule has 120 valence electrons. The van der Waals surface area contributed by atoms with Crippen LogP contribution in [0.25, 0.3) is 0 Å². The fourth-order valence-electron chi connectivity index (χ4n) is 3.63. The van der Waals surface area contributed by atoms with Crippen molar-refractivity contribution < 1.29 is 4.74 Å². The second kappa shape index (κ2) is 7.17. The number of rotatable bonds is 5. The van der Waals surface area contributed by atoms with Gasteiger partial charge in [-0.25, -0.2) is 0 Å². The van der Waals surface area contributed by atoms with Crippen LogP contribution in [0.15, 0.2) is 54.8 Å². The number of allylic oxidation sites excluding steroid dienone is 2. The molecule has 22 heavy (non-hydrogen) atoms. The van der Waals surface area contributed by atoms with Gasteiger partial charge in [-0.1, -0.05) is 70.2 Å². The molecule has 1 saturated carbocycles. The monoisotopic (exact) mass is 298 g/mol. The minimum absolute atomic E-state index is 0.127. The van der Waals surface area contributed by atoms with Crippen LogP contribution in [0, 0.1) is 11.8 Å². The molecule has 3 atom stereocenters. The van der Waals surface area contributed by atoms with Gasteiger partial charge in [-0.3, -0.25) is 0 Å². The molecular weight excluding hydrogens is 268 g/mol. The van der Waals surface area contributed by atoms with Crippen molar-refractivity contribution in [2.24, 2.45) is 11.8 Å². The van der Waals surface area contributed by atoms with E-state index in [-0.39, 0.29) is 11.5 Å². The lowest BCUT2D eigenvalue weighted by molar-refractivity contribution is 0.00193. The Morgan fingerprint density at radius 1 is 1.23 bits per heavy atom. The molecule has 0 aromatic heterocycles. The molecule has 0 amide bonds. The smallest absolute Gasteiger partial charge is 0.102 e. The van der Waals surface area contributed by atoms with E-state index in [1.54, 1.807) is 0 Å². The van der Waals surface area contributed by atoms with Gasteiger partial charge in [0.2, 0.25) is 0 Å². The molecule has 1 aromatic rings. The normalized spacial score (nSPS) is 26.5. The van der Waals surface area contributed by atoms with E-state index in [0.29, 0.717) is 5.92 Å². The Balaban J connectivity index is 2.23. The lowest BCUT2D eigenvalue weighted by atomic mass is 9.64. The third-order valence-corrected chi connectivity index (χ3v) is 5.25. The van der Waals surface area contributed by atoms with Crippen LogP contribution >= 0.6 is 0 Å². The molecule has 0 heterocycles.